The molecule has 0 aromatic heterocycles. The predicted molar refractivity (Wildman–Crippen MR) is 46.2 cm³/mol. The lowest BCUT2D eigenvalue weighted by molar-refractivity contribution is -0.120. The molecule has 0 aromatic rings. The first kappa shape index (κ1) is 8.25. The SMILES string of the molecule is C=CC[C@H]1C(=O)CC[C@@H]1C=C. The van der Waals surface area contributed by atoms with Gasteiger partial charge in [-0.05, 0) is 18.8 Å². The van der Waals surface area contributed by atoms with Crippen LogP contribution in [0.2, 0.25) is 0 Å². The number of carbonyl (C=O) groups excluding carboxylic acids is 1. The molecule has 1 aliphatic carbocycles. The molecule has 0 unspecified atom stereocenters. The lowest BCUT2D eigenvalue weighted by Gasteiger charge is -2.10. The van der Waals surface area contributed by atoms with E-state index in [2.05, 4.69) is 13.2 Å². The fourth-order valence-electron chi connectivity index (χ4n) is 1.70. The van der Waals surface area contributed by atoms with Gasteiger partial charge < -0.3 is 0 Å². The Labute approximate surface area is 67.8 Å². The summed E-state index contributed by atoms with van der Waals surface area (Å²) in [5.41, 5.74) is 0. The molecule has 1 nitrogen and oxygen atoms in total. The van der Waals surface area contributed by atoms with Gasteiger partial charge in [0.1, 0.15) is 5.78 Å². The fraction of sp³-hybridized carbons (Fsp3) is 0.500. The van der Waals surface area contributed by atoms with E-state index in [9.17, 15) is 4.79 Å². The molecule has 0 saturated heterocycles. The van der Waals surface area contributed by atoms with Crippen molar-refractivity contribution in [2.75, 3.05) is 0 Å². The highest BCUT2D eigenvalue weighted by Crippen LogP contribution is 2.31. The van der Waals surface area contributed by atoms with Crippen LogP contribution in [0.15, 0.2) is 25.3 Å². The molecule has 1 saturated carbocycles. The van der Waals surface area contributed by atoms with Crippen molar-refractivity contribution in [1.29, 1.82) is 0 Å². The average molecular weight is 150 g/mol. The average Bonchev–Trinajstić information content (AvgIpc) is 2.34. The van der Waals surface area contributed by atoms with Gasteiger partial charge in [0.2, 0.25) is 0 Å². The summed E-state index contributed by atoms with van der Waals surface area (Å²) < 4.78 is 0. The van der Waals surface area contributed by atoms with E-state index in [1.165, 1.54) is 0 Å². The number of Topliss-reactive ketones (excluding diaryl/α,β-unsaturated/α-hetero) is 1. The first-order chi connectivity index (χ1) is 5.29. The highest BCUT2D eigenvalue weighted by atomic mass is 16.1. The molecule has 0 heterocycles. The standard InChI is InChI=1S/C10H14O/c1-3-5-9-8(4-2)6-7-10(9)11/h3-4,8-9H,1-2,5-7H2/t8-,9+/m0/s1. The maximum atomic E-state index is 11.2. The van der Waals surface area contributed by atoms with Crippen LogP contribution in [-0.4, -0.2) is 5.78 Å². The van der Waals surface area contributed by atoms with Crippen molar-refractivity contribution < 1.29 is 4.79 Å². The van der Waals surface area contributed by atoms with Gasteiger partial charge >= 0.3 is 0 Å². The first-order valence-electron chi connectivity index (χ1n) is 4.05. The molecule has 0 radical (unpaired) electrons. The maximum Gasteiger partial charge on any atom is 0.136 e. The van der Waals surface area contributed by atoms with Gasteiger partial charge in [-0.1, -0.05) is 12.2 Å². The fourth-order valence-corrected chi connectivity index (χ4v) is 1.70. The van der Waals surface area contributed by atoms with Crippen LogP contribution < -0.4 is 0 Å². The van der Waals surface area contributed by atoms with Crippen molar-refractivity contribution in [2.24, 2.45) is 11.8 Å². The molecule has 0 spiro atoms. The molecule has 11 heavy (non-hydrogen) atoms. The molecule has 0 aromatic carbocycles. The van der Waals surface area contributed by atoms with Crippen molar-refractivity contribution in [1.82, 2.24) is 0 Å². The Balaban J connectivity index is 2.62. The summed E-state index contributed by atoms with van der Waals surface area (Å²) >= 11 is 0. The molecule has 0 aliphatic heterocycles. The number of carbonyl (C=O) groups is 1. The largest absolute Gasteiger partial charge is 0.299 e. The number of hydrogen-bond donors (Lipinski definition) is 0. The van der Waals surface area contributed by atoms with E-state index in [4.69, 9.17) is 0 Å². The summed E-state index contributed by atoms with van der Waals surface area (Å²) in [5.74, 6) is 0.972. The molecule has 0 N–H and O–H groups in total. The normalized spacial score (nSPS) is 30.4. The molecule has 60 valence electrons. The zero-order valence-corrected chi connectivity index (χ0v) is 6.75. The molecule has 1 aliphatic rings. The minimum atomic E-state index is 0.185. The second-order valence-electron chi connectivity index (χ2n) is 3.04. The lowest BCUT2D eigenvalue weighted by Crippen LogP contribution is -2.11. The van der Waals surface area contributed by atoms with Crippen LogP contribution in [0.3, 0.4) is 0 Å². The van der Waals surface area contributed by atoms with Crippen LogP contribution >= 0.6 is 0 Å². The lowest BCUT2D eigenvalue weighted by atomic mass is 9.93. The van der Waals surface area contributed by atoms with Gasteiger partial charge in [0.15, 0.2) is 0 Å². The van der Waals surface area contributed by atoms with Gasteiger partial charge in [-0.3, -0.25) is 4.79 Å². The smallest absolute Gasteiger partial charge is 0.136 e. The van der Waals surface area contributed by atoms with E-state index in [0.29, 0.717) is 11.7 Å². The minimum Gasteiger partial charge on any atom is -0.299 e. The van der Waals surface area contributed by atoms with Crippen LogP contribution in [0.1, 0.15) is 19.3 Å². The number of allylic oxidation sites excluding steroid dienone is 2. The third kappa shape index (κ3) is 1.59. The zero-order chi connectivity index (χ0) is 8.27. The van der Waals surface area contributed by atoms with Gasteiger partial charge in [-0.25, -0.2) is 0 Å². The van der Waals surface area contributed by atoms with Gasteiger partial charge in [0.05, 0.1) is 0 Å². The third-order valence-corrected chi connectivity index (χ3v) is 2.38. The van der Waals surface area contributed by atoms with Crippen molar-refractivity contribution in [3.8, 4) is 0 Å². The third-order valence-electron chi connectivity index (χ3n) is 2.38. The molecule has 2 atom stereocenters. The van der Waals surface area contributed by atoms with Crippen molar-refractivity contribution in [2.45, 2.75) is 19.3 Å². The van der Waals surface area contributed by atoms with Crippen LogP contribution in [0.5, 0.6) is 0 Å². The quantitative estimate of drug-likeness (QED) is 0.564. The highest BCUT2D eigenvalue weighted by molar-refractivity contribution is 5.83. The van der Waals surface area contributed by atoms with Crippen molar-refractivity contribution >= 4 is 5.78 Å². The summed E-state index contributed by atoms with van der Waals surface area (Å²) in [4.78, 5) is 11.2. The summed E-state index contributed by atoms with van der Waals surface area (Å²) in [6.07, 6.45) is 6.26. The Bertz CT molecular complexity index is 181. The van der Waals surface area contributed by atoms with Crippen LogP contribution in [-0.2, 0) is 4.79 Å². The monoisotopic (exact) mass is 150 g/mol. The Morgan fingerprint density at radius 1 is 1.55 bits per heavy atom. The summed E-state index contributed by atoms with van der Waals surface area (Å²) in [6.45, 7) is 7.36. The Hall–Kier alpha value is -0.850. The van der Waals surface area contributed by atoms with E-state index in [1.54, 1.807) is 0 Å². The predicted octanol–water partition coefficient (Wildman–Crippen LogP) is 2.34. The summed E-state index contributed by atoms with van der Waals surface area (Å²) in [5, 5.41) is 0. The number of rotatable bonds is 3. The van der Waals surface area contributed by atoms with E-state index in [0.717, 1.165) is 19.3 Å². The molecular formula is C10H14O. The Morgan fingerprint density at radius 3 is 2.82 bits per heavy atom. The van der Waals surface area contributed by atoms with Crippen LogP contribution in [0, 0.1) is 11.8 Å². The van der Waals surface area contributed by atoms with E-state index in [-0.39, 0.29) is 5.92 Å². The summed E-state index contributed by atoms with van der Waals surface area (Å²) in [6, 6.07) is 0. The number of hydrogen-bond acceptors (Lipinski definition) is 1. The van der Waals surface area contributed by atoms with Gasteiger partial charge in [-0.2, -0.15) is 0 Å². The van der Waals surface area contributed by atoms with Gasteiger partial charge in [-0.15, -0.1) is 13.2 Å². The topological polar surface area (TPSA) is 17.1 Å². The van der Waals surface area contributed by atoms with Gasteiger partial charge in [0.25, 0.3) is 0 Å². The molecular weight excluding hydrogens is 136 g/mol. The number of ketones is 1. The molecule has 0 amide bonds. The molecule has 1 rings (SSSR count). The Kier molecular flexibility index (Phi) is 2.64. The van der Waals surface area contributed by atoms with Crippen molar-refractivity contribution in [3.63, 3.8) is 0 Å². The van der Waals surface area contributed by atoms with E-state index < -0.39 is 0 Å². The van der Waals surface area contributed by atoms with Crippen LogP contribution in [0.25, 0.3) is 0 Å². The van der Waals surface area contributed by atoms with Crippen molar-refractivity contribution in [3.05, 3.63) is 25.3 Å². The van der Waals surface area contributed by atoms with Crippen LogP contribution in [0.4, 0.5) is 0 Å². The van der Waals surface area contributed by atoms with E-state index in [1.807, 2.05) is 12.2 Å². The van der Waals surface area contributed by atoms with E-state index >= 15 is 0 Å². The maximum absolute atomic E-state index is 11.2. The van der Waals surface area contributed by atoms with Gasteiger partial charge in [0, 0.05) is 12.3 Å². The molecule has 0 bridgehead atoms. The molecule has 1 fully saturated rings. The minimum absolute atomic E-state index is 0.185. The zero-order valence-electron chi connectivity index (χ0n) is 6.75. The highest BCUT2D eigenvalue weighted by Gasteiger charge is 2.30. The first-order valence-corrected chi connectivity index (χ1v) is 4.05. The second kappa shape index (κ2) is 3.51. The Morgan fingerprint density at radius 2 is 2.27 bits per heavy atom. The second-order valence-corrected chi connectivity index (χ2v) is 3.04. The molecule has 1 heteroatoms. The summed E-state index contributed by atoms with van der Waals surface area (Å²) in [7, 11) is 0.